The van der Waals surface area contributed by atoms with Crippen LogP contribution in [0.4, 0.5) is 5.69 Å². The number of nitrogens with one attached hydrogen (secondary N) is 1. The highest BCUT2D eigenvalue weighted by Gasteiger charge is 2.34. The number of halogens is 1. The van der Waals surface area contributed by atoms with Gasteiger partial charge in [0.25, 0.3) is 0 Å². The maximum Gasteiger partial charge on any atom is 0.243 e. The fourth-order valence-corrected chi connectivity index (χ4v) is 5.76. The van der Waals surface area contributed by atoms with Crippen molar-refractivity contribution in [1.82, 2.24) is 4.31 Å². The van der Waals surface area contributed by atoms with Crippen LogP contribution in [0, 0.1) is 6.92 Å². The van der Waals surface area contributed by atoms with Crippen LogP contribution in [0.2, 0.25) is 5.02 Å². The van der Waals surface area contributed by atoms with E-state index in [1.807, 2.05) is 13.8 Å². The molecule has 0 radical (unpaired) electrons. The molecule has 1 N–H and O–H groups in total. The van der Waals surface area contributed by atoms with Gasteiger partial charge >= 0.3 is 0 Å². The Hall–Kier alpha value is -2.09. The van der Waals surface area contributed by atoms with E-state index < -0.39 is 10.0 Å². The van der Waals surface area contributed by atoms with E-state index in [1.165, 1.54) is 16.4 Å². The molecule has 168 valence electrons. The molecule has 1 aliphatic carbocycles. The second-order valence-electron chi connectivity index (χ2n) is 7.75. The molecule has 0 atom stereocenters. The van der Waals surface area contributed by atoms with Crippen LogP contribution in [0.5, 0.6) is 5.75 Å². The number of carbonyl (C=O) groups excluding carboxylic acids is 1. The Kier molecular flexibility index (Phi) is 7.97. The fraction of sp³-hybridized carbons (Fsp3) is 0.435. The molecule has 31 heavy (non-hydrogen) atoms. The predicted molar refractivity (Wildman–Crippen MR) is 123 cm³/mol. The second-order valence-corrected chi connectivity index (χ2v) is 10.1. The SMILES string of the molecule is CCOc1ccc(S(=O)(=O)N(CC(=O)Nc2ccc(Cl)cc2C)C2CCCCC2)cc1. The molecule has 1 saturated carbocycles. The maximum atomic E-state index is 13.5. The first kappa shape index (κ1) is 23.6. The van der Waals surface area contributed by atoms with E-state index in [1.54, 1.807) is 30.3 Å². The first-order valence-electron chi connectivity index (χ1n) is 10.6. The van der Waals surface area contributed by atoms with Crippen molar-refractivity contribution in [3.05, 3.63) is 53.1 Å². The maximum absolute atomic E-state index is 13.5. The van der Waals surface area contributed by atoms with Crippen LogP contribution in [-0.2, 0) is 14.8 Å². The van der Waals surface area contributed by atoms with Crippen molar-refractivity contribution in [2.24, 2.45) is 0 Å². The number of aryl methyl sites for hydroxylation is 1. The normalized spacial score (nSPS) is 15.1. The Morgan fingerprint density at radius 1 is 1.13 bits per heavy atom. The molecule has 2 aromatic carbocycles. The van der Waals surface area contributed by atoms with Gasteiger partial charge in [-0.05, 0) is 74.7 Å². The average Bonchev–Trinajstić information content (AvgIpc) is 2.75. The Bertz CT molecular complexity index is 1000. The highest BCUT2D eigenvalue weighted by Crippen LogP contribution is 2.29. The summed E-state index contributed by atoms with van der Waals surface area (Å²) in [5.74, 6) is 0.243. The van der Waals surface area contributed by atoms with Crippen molar-refractivity contribution in [3.63, 3.8) is 0 Å². The summed E-state index contributed by atoms with van der Waals surface area (Å²) in [6.45, 7) is 3.99. The Morgan fingerprint density at radius 3 is 2.42 bits per heavy atom. The van der Waals surface area contributed by atoms with Gasteiger partial charge < -0.3 is 10.1 Å². The van der Waals surface area contributed by atoms with Gasteiger partial charge in [0.15, 0.2) is 0 Å². The number of carbonyl (C=O) groups is 1. The summed E-state index contributed by atoms with van der Waals surface area (Å²) < 4.78 is 33.8. The topological polar surface area (TPSA) is 75.7 Å². The van der Waals surface area contributed by atoms with Crippen LogP contribution in [0.3, 0.4) is 0 Å². The van der Waals surface area contributed by atoms with E-state index in [0.717, 1.165) is 37.7 Å². The van der Waals surface area contributed by atoms with Gasteiger partial charge in [0.05, 0.1) is 18.0 Å². The van der Waals surface area contributed by atoms with Gasteiger partial charge in [-0.2, -0.15) is 4.31 Å². The molecule has 0 heterocycles. The summed E-state index contributed by atoms with van der Waals surface area (Å²) in [5.41, 5.74) is 1.44. The van der Waals surface area contributed by atoms with Crippen LogP contribution in [0.1, 0.15) is 44.6 Å². The molecule has 1 fully saturated rings. The third-order valence-electron chi connectivity index (χ3n) is 5.49. The Balaban J connectivity index is 1.84. The number of amides is 1. The van der Waals surface area contributed by atoms with E-state index in [9.17, 15) is 13.2 Å². The molecule has 0 bridgehead atoms. The molecular formula is C23H29ClN2O4S. The number of anilines is 1. The predicted octanol–water partition coefficient (Wildman–Crippen LogP) is 5.01. The highest BCUT2D eigenvalue weighted by molar-refractivity contribution is 7.89. The van der Waals surface area contributed by atoms with Crippen LogP contribution in [0.15, 0.2) is 47.4 Å². The average molecular weight is 465 g/mol. The third-order valence-corrected chi connectivity index (χ3v) is 7.63. The standard InChI is InChI=1S/C23H29ClN2O4S/c1-3-30-20-10-12-21(13-11-20)31(28,29)26(19-7-5-4-6-8-19)16-23(27)25-22-14-9-18(24)15-17(22)2/h9-15,19H,3-8,16H2,1-2H3,(H,25,27). The Labute approximate surface area is 189 Å². The van der Waals surface area contributed by atoms with Gasteiger partial charge in [-0.3, -0.25) is 4.79 Å². The summed E-state index contributed by atoms with van der Waals surface area (Å²) in [6.07, 6.45) is 4.51. The smallest absolute Gasteiger partial charge is 0.243 e. The number of rotatable bonds is 8. The minimum Gasteiger partial charge on any atom is -0.494 e. The van der Waals surface area contributed by atoms with Crippen LogP contribution in [-0.4, -0.2) is 37.8 Å². The monoisotopic (exact) mass is 464 g/mol. The molecule has 2 aromatic rings. The fourth-order valence-electron chi connectivity index (χ4n) is 3.89. The van der Waals surface area contributed by atoms with Gasteiger partial charge in [-0.25, -0.2) is 8.42 Å². The quantitative estimate of drug-likeness (QED) is 0.595. The van der Waals surface area contributed by atoms with Crippen LogP contribution >= 0.6 is 11.6 Å². The van der Waals surface area contributed by atoms with E-state index in [4.69, 9.17) is 16.3 Å². The van der Waals surface area contributed by atoms with Gasteiger partial charge in [-0.15, -0.1) is 0 Å². The lowest BCUT2D eigenvalue weighted by Crippen LogP contribution is -2.45. The summed E-state index contributed by atoms with van der Waals surface area (Å²) in [5, 5.41) is 3.41. The first-order valence-corrected chi connectivity index (χ1v) is 12.4. The lowest BCUT2D eigenvalue weighted by atomic mass is 9.95. The number of nitrogens with zero attached hydrogens (tertiary/aromatic N) is 1. The minimum atomic E-state index is -3.84. The number of sulfonamides is 1. The lowest BCUT2D eigenvalue weighted by Gasteiger charge is -2.33. The summed E-state index contributed by atoms with van der Waals surface area (Å²) >= 11 is 5.99. The summed E-state index contributed by atoms with van der Waals surface area (Å²) in [6, 6.07) is 11.4. The van der Waals surface area contributed by atoms with Crippen LogP contribution in [0.25, 0.3) is 0 Å². The molecule has 1 aliphatic rings. The zero-order chi connectivity index (χ0) is 22.4. The van der Waals surface area contributed by atoms with E-state index in [2.05, 4.69) is 5.32 Å². The molecule has 8 heteroatoms. The number of benzene rings is 2. The van der Waals surface area contributed by atoms with Crippen molar-refractivity contribution in [1.29, 1.82) is 0 Å². The van der Waals surface area contributed by atoms with E-state index >= 15 is 0 Å². The summed E-state index contributed by atoms with van der Waals surface area (Å²) in [4.78, 5) is 13.0. The molecule has 0 saturated heterocycles. The Morgan fingerprint density at radius 2 is 1.81 bits per heavy atom. The largest absolute Gasteiger partial charge is 0.494 e. The highest BCUT2D eigenvalue weighted by atomic mass is 35.5. The van der Waals surface area contributed by atoms with E-state index in [0.29, 0.717) is 23.1 Å². The summed E-state index contributed by atoms with van der Waals surface area (Å²) in [7, 11) is -3.84. The van der Waals surface area contributed by atoms with E-state index in [-0.39, 0.29) is 23.4 Å². The van der Waals surface area contributed by atoms with Crippen molar-refractivity contribution >= 4 is 33.2 Å². The second kappa shape index (κ2) is 10.5. The molecule has 3 rings (SSSR count). The number of ether oxygens (including phenoxy) is 1. The molecule has 1 amide bonds. The van der Waals surface area contributed by atoms with Gasteiger partial charge in [0.2, 0.25) is 15.9 Å². The zero-order valence-corrected chi connectivity index (χ0v) is 19.5. The number of hydrogen-bond donors (Lipinski definition) is 1. The lowest BCUT2D eigenvalue weighted by molar-refractivity contribution is -0.116. The van der Waals surface area contributed by atoms with Crippen molar-refractivity contribution in [3.8, 4) is 5.75 Å². The molecule has 0 aromatic heterocycles. The van der Waals surface area contributed by atoms with Crippen molar-refractivity contribution in [2.75, 3.05) is 18.5 Å². The zero-order valence-electron chi connectivity index (χ0n) is 17.9. The van der Waals surface area contributed by atoms with Crippen LogP contribution < -0.4 is 10.1 Å². The molecule has 0 unspecified atom stereocenters. The molecular weight excluding hydrogens is 436 g/mol. The molecule has 6 nitrogen and oxygen atoms in total. The first-order chi connectivity index (χ1) is 14.8. The van der Waals surface area contributed by atoms with Gasteiger partial charge in [0.1, 0.15) is 5.75 Å². The van der Waals surface area contributed by atoms with Gasteiger partial charge in [0, 0.05) is 16.8 Å². The molecule has 0 aliphatic heterocycles. The van der Waals surface area contributed by atoms with Crippen molar-refractivity contribution in [2.45, 2.75) is 56.9 Å². The molecule has 0 spiro atoms. The number of hydrogen-bond acceptors (Lipinski definition) is 4. The third kappa shape index (κ3) is 5.99. The van der Waals surface area contributed by atoms with Gasteiger partial charge in [-0.1, -0.05) is 30.9 Å². The van der Waals surface area contributed by atoms with Crippen molar-refractivity contribution < 1.29 is 17.9 Å². The minimum absolute atomic E-state index is 0.164.